The van der Waals surface area contributed by atoms with E-state index in [0.717, 1.165) is 24.3 Å². The molecule has 0 bridgehead atoms. The lowest BCUT2D eigenvalue weighted by molar-refractivity contribution is 0.137. The normalized spacial score (nSPS) is 13.5. The first kappa shape index (κ1) is 15.0. The number of para-hydroxylation sites is 3. The van der Waals surface area contributed by atoms with Crippen LogP contribution in [0.2, 0.25) is 0 Å². The molecule has 23 heavy (non-hydrogen) atoms. The smallest absolute Gasteiger partial charge is 0.426 e. The van der Waals surface area contributed by atoms with Crippen molar-refractivity contribution in [1.29, 1.82) is 0 Å². The average Bonchev–Trinajstić information content (AvgIpc) is 2.77. The van der Waals surface area contributed by atoms with Gasteiger partial charge in [-0.2, -0.15) is 0 Å². The maximum atomic E-state index is 12.0. The largest absolute Gasteiger partial charge is 0.508 e. The Morgan fingerprint density at radius 3 is 2.87 bits per heavy atom. The lowest BCUT2D eigenvalue weighted by Gasteiger charge is -2.24. The van der Waals surface area contributed by atoms with Crippen molar-refractivity contribution in [3.8, 4) is 5.75 Å². The zero-order valence-corrected chi connectivity index (χ0v) is 12.7. The molecule has 1 heterocycles. The van der Waals surface area contributed by atoms with Crippen molar-refractivity contribution in [3.63, 3.8) is 0 Å². The molecule has 1 aliphatic rings. The molecule has 0 spiro atoms. The molecule has 0 atom stereocenters. The zero-order chi connectivity index (χ0) is 16.1. The number of carbonyl (C=O) groups is 1. The Balaban J connectivity index is 1.63. The van der Waals surface area contributed by atoms with Crippen LogP contribution in [0.3, 0.4) is 0 Å². The van der Waals surface area contributed by atoms with Gasteiger partial charge in [0, 0.05) is 18.7 Å². The zero-order valence-electron chi connectivity index (χ0n) is 12.7. The number of nitrogens with one attached hydrogen (secondary N) is 2. The van der Waals surface area contributed by atoms with E-state index in [1.54, 1.807) is 29.3 Å². The van der Waals surface area contributed by atoms with E-state index in [1.165, 1.54) is 0 Å². The summed E-state index contributed by atoms with van der Waals surface area (Å²) in [6.45, 7) is 1.56. The van der Waals surface area contributed by atoms with Crippen molar-refractivity contribution in [3.05, 3.63) is 54.1 Å². The molecule has 2 aromatic carbocycles. The van der Waals surface area contributed by atoms with E-state index in [1.807, 2.05) is 24.3 Å². The van der Waals surface area contributed by atoms with Crippen molar-refractivity contribution >= 4 is 17.5 Å². The molecule has 1 amide bonds. The molecular formula is C17H19N3O3. The van der Waals surface area contributed by atoms with Gasteiger partial charge in [-0.05, 0) is 24.6 Å². The number of carbonyl (C=O) groups excluding carboxylic acids is 1. The number of aromatic hydroxyl groups is 1. The number of anilines is 2. The second-order valence-corrected chi connectivity index (χ2v) is 5.27. The van der Waals surface area contributed by atoms with Crippen LogP contribution in [0.5, 0.6) is 5.75 Å². The summed E-state index contributed by atoms with van der Waals surface area (Å²) in [5.41, 5.74) is 5.21. The average molecular weight is 313 g/mol. The predicted octanol–water partition coefficient (Wildman–Crippen LogP) is 2.86. The topological polar surface area (TPSA) is 73.8 Å². The summed E-state index contributed by atoms with van der Waals surface area (Å²) in [4.78, 5) is 12.0. The third-order valence-electron chi connectivity index (χ3n) is 3.65. The first-order valence-electron chi connectivity index (χ1n) is 7.55. The second-order valence-electron chi connectivity index (χ2n) is 5.27. The van der Waals surface area contributed by atoms with Gasteiger partial charge in [0.25, 0.3) is 0 Å². The third kappa shape index (κ3) is 3.66. The van der Waals surface area contributed by atoms with Gasteiger partial charge < -0.3 is 15.2 Å². The van der Waals surface area contributed by atoms with Crippen molar-refractivity contribution < 1.29 is 14.6 Å². The minimum absolute atomic E-state index is 0.0201. The van der Waals surface area contributed by atoms with Gasteiger partial charge in [0.2, 0.25) is 0 Å². The molecular weight excluding hydrogens is 294 g/mol. The summed E-state index contributed by atoms with van der Waals surface area (Å²) in [7, 11) is 0. The molecule has 0 unspecified atom stereocenters. The molecule has 0 radical (unpaired) electrons. The molecule has 0 aromatic heterocycles. The van der Waals surface area contributed by atoms with Gasteiger partial charge >= 0.3 is 6.09 Å². The van der Waals surface area contributed by atoms with Crippen LogP contribution in [-0.4, -0.2) is 24.3 Å². The fourth-order valence-electron chi connectivity index (χ4n) is 2.47. The number of fused-ring (bicyclic) bond motifs is 1. The SMILES string of the molecule is O=C(NN1CCCNc2ccccc21)OCc1ccccc1O. The molecule has 120 valence electrons. The van der Waals surface area contributed by atoms with Crippen LogP contribution in [0, 0.1) is 0 Å². The predicted molar refractivity (Wildman–Crippen MR) is 88.3 cm³/mol. The van der Waals surface area contributed by atoms with E-state index in [2.05, 4.69) is 10.7 Å². The summed E-state index contributed by atoms with van der Waals surface area (Å²) in [5, 5.41) is 14.8. The molecule has 6 heteroatoms. The first-order valence-corrected chi connectivity index (χ1v) is 7.55. The lowest BCUT2D eigenvalue weighted by atomic mass is 10.2. The Bertz CT molecular complexity index is 690. The van der Waals surface area contributed by atoms with Crippen LogP contribution in [0.15, 0.2) is 48.5 Å². The van der Waals surface area contributed by atoms with E-state index < -0.39 is 6.09 Å². The summed E-state index contributed by atoms with van der Waals surface area (Å²) in [6.07, 6.45) is 0.346. The molecule has 0 aliphatic carbocycles. The van der Waals surface area contributed by atoms with E-state index >= 15 is 0 Å². The van der Waals surface area contributed by atoms with Gasteiger partial charge in [-0.1, -0.05) is 30.3 Å². The van der Waals surface area contributed by atoms with Crippen LogP contribution in [0.4, 0.5) is 16.2 Å². The minimum Gasteiger partial charge on any atom is -0.508 e. The summed E-state index contributed by atoms with van der Waals surface area (Å²) < 4.78 is 5.20. The molecule has 3 rings (SSSR count). The van der Waals surface area contributed by atoms with Crippen LogP contribution < -0.4 is 15.8 Å². The number of phenolic OH excluding ortho intramolecular Hbond substituents is 1. The number of ether oxygens (including phenoxy) is 1. The van der Waals surface area contributed by atoms with Crippen molar-refractivity contribution in [1.82, 2.24) is 5.43 Å². The number of nitrogens with zero attached hydrogens (tertiary/aromatic N) is 1. The van der Waals surface area contributed by atoms with Gasteiger partial charge in [-0.3, -0.25) is 5.01 Å². The standard InChI is InChI=1S/C17H19N3O3/c21-16-9-4-1-6-13(16)12-23-17(22)19-20-11-5-10-18-14-7-2-3-8-15(14)20/h1-4,6-9,18,21H,5,10-12H2,(H,19,22). The van der Waals surface area contributed by atoms with Crippen molar-refractivity contribution in [2.24, 2.45) is 0 Å². The molecule has 0 saturated heterocycles. The highest BCUT2D eigenvalue weighted by molar-refractivity contribution is 5.75. The Labute approximate surface area is 134 Å². The molecule has 3 N–H and O–H groups in total. The molecule has 1 aliphatic heterocycles. The monoisotopic (exact) mass is 313 g/mol. The fraction of sp³-hybridized carbons (Fsp3) is 0.235. The highest BCUT2D eigenvalue weighted by atomic mass is 16.6. The molecule has 0 fully saturated rings. The lowest BCUT2D eigenvalue weighted by Crippen LogP contribution is -2.43. The van der Waals surface area contributed by atoms with Gasteiger partial charge in [-0.15, -0.1) is 0 Å². The Kier molecular flexibility index (Phi) is 4.52. The van der Waals surface area contributed by atoms with E-state index in [0.29, 0.717) is 12.1 Å². The van der Waals surface area contributed by atoms with Gasteiger partial charge in [0.15, 0.2) is 0 Å². The minimum atomic E-state index is -0.551. The summed E-state index contributed by atoms with van der Waals surface area (Å²) in [6, 6.07) is 14.6. The number of hydrogen-bond acceptors (Lipinski definition) is 5. The highest BCUT2D eigenvalue weighted by Crippen LogP contribution is 2.26. The third-order valence-corrected chi connectivity index (χ3v) is 3.65. The fourth-order valence-corrected chi connectivity index (χ4v) is 2.47. The van der Waals surface area contributed by atoms with Crippen molar-refractivity contribution in [2.45, 2.75) is 13.0 Å². The Hall–Kier alpha value is -2.89. The van der Waals surface area contributed by atoms with E-state index in [9.17, 15) is 9.90 Å². The Morgan fingerprint density at radius 2 is 2.00 bits per heavy atom. The molecule has 2 aromatic rings. The first-order chi connectivity index (χ1) is 11.2. The van der Waals surface area contributed by atoms with Crippen LogP contribution in [0.1, 0.15) is 12.0 Å². The van der Waals surface area contributed by atoms with Gasteiger partial charge in [0.1, 0.15) is 12.4 Å². The van der Waals surface area contributed by atoms with Crippen LogP contribution in [0.25, 0.3) is 0 Å². The number of phenols is 1. The van der Waals surface area contributed by atoms with Crippen molar-refractivity contribution in [2.75, 3.05) is 23.4 Å². The van der Waals surface area contributed by atoms with Gasteiger partial charge in [-0.25, -0.2) is 10.2 Å². The summed E-state index contributed by atoms with van der Waals surface area (Å²) >= 11 is 0. The number of benzene rings is 2. The second kappa shape index (κ2) is 6.91. The maximum absolute atomic E-state index is 12.0. The quantitative estimate of drug-likeness (QED) is 0.812. The summed E-state index contributed by atoms with van der Waals surface area (Å²) in [5.74, 6) is 0.115. The highest BCUT2D eigenvalue weighted by Gasteiger charge is 2.17. The number of hydrogen-bond donors (Lipinski definition) is 3. The maximum Gasteiger partial charge on any atom is 0.426 e. The number of amides is 1. The number of hydrazine groups is 1. The van der Waals surface area contributed by atoms with E-state index in [4.69, 9.17) is 4.74 Å². The van der Waals surface area contributed by atoms with E-state index in [-0.39, 0.29) is 12.4 Å². The number of rotatable bonds is 3. The molecule has 6 nitrogen and oxygen atoms in total. The van der Waals surface area contributed by atoms with Gasteiger partial charge in [0.05, 0.1) is 11.4 Å². The molecule has 0 saturated carbocycles. The Morgan fingerprint density at radius 1 is 1.22 bits per heavy atom. The van der Waals surface area contributed by atoms with Crippen LogP contribution >= 0.6 is 0 Å². The van der Waals surface area contributed by atoms with Crippen LogP contribution in [-0.2, 0) is 11.3 Å².